The molecule has 52 heavy (non-hydrogen) atoms. The van der Waals surface area contributed by atoms with Crippen molar-refractivity contribution >= 4 is 61.2 Å². The van der Waals surface area contributed by atoms with Crippen LogP contribution in [-0.2, 0) is 20.4 Å². The molecule has 8 aromatic rings. The molecule has 6 heteroatoms. The molecule has 2 nitrogen and oxygen atoms in total. The Labute approximate surface area is 310 Å². The average molecular weight is 776 g/mol. The van der Waals surface area contributed by atoms with Crippen LogP contribution in [0, 0.1) is 0 Å². The Morgan fingerprint density at radius 3 is 1.10 bits per heavy atom. The number of nitrogens with zero attached hydrogens (tertiary/aromatic N) is 2. The van der Waals surface area contributed by atoms with E-state index >= 15 is 0 Å². The summed E-state index contributed by atoms with van der Waals surface area (Å²) in [5, 5.41) is 5.29. The van der Waals surface area contributed by atoms with Crippen LogP contribution in [0.15, 0.2) is 145 Å². The van der Waals surface area contributed by atoms with Gasteiger partial charge in [-0.1, -0.05) is 0 Å². The largest absolute Gasteiger partial charge is 1.00 e. The molecule has 0 saturated heterocycles. The molecule has 2 aliphatic carbocycles. The SMILES string of the molecule is CC1=Cc2c(cccc2-n2c3ccccc3c3ccccc32)[CH]1[Zr+2]([CH]1C(C)=Cc2c1cccc2-n1c2ccccc2c2ccccc21)=[Si](C)C.[F-].[F-]. The zero-order valence-corrected chi connectivity index (χ0v) is 33.1. The molecule has 2 aromatic heterocycles. The molecule has 0 bridgehead atoms. The second kappa shape index (κ2) is 13.1. The maximum absolute atomic E-state index is 2.63. The van der Waals surface area contributed by atoms with Gasteiger partial charge in [-0.25, -0.2) is 0 Å². The molecule has 2 aliphatic rings. The summed E-state index contributed by atoms with van der Waals surface area (Å²) in [6, 6.07) is 50.0. The summed E-state index contributed by atoms with van der Waals surface area (Å²) in [7, 11) is 0. The van der Waals surface area contributed by atoms with Gasteiger partial charge in [0.25, 0.3) is 0 Å². The second-order valence-corrected chi connectivity index (χ2v) is 32.3. The van der Waals surface area contributed by atoms with Crippen molar-refractivity contribution in [1.29, 1.82) is 0 Å². The molecular formula is C46H38F2N2SiZr. The van der Waals surface area contributed by atoms with E-state index in [2.05, 4.69) is 182 Å². The number of rotatable bonds is 4. The number of hydrogen-bond acceptors (Lipinski definition) is 0. The summed E-state index contributed by atoms with van der Waals surface area (Å²) in [4.78, 5) is 0. The van der Waals surface area contributed by atoms with Gasteiger partial charge in [-0.3, -0.25) is 0 Å². The van der Waals surface area contributed by atoms with Crippen LogP contribution in [0.2, 0.25) is 13.1 Å². The van der Waals surface area contributed by atoms with Crippen molar-refractivity contribution in [2.45, 2.75) is 34.2 Å². The maximum Gasteiger partial charge on any atom is -1.00 e. The molecule has 0 amide bonds. The Hall–Kier alpha value is -4.64. The molecule has 254 valence electrons. The van der Waals surface area contributed by atoms with Crippen molar-refractivity contribution in [3.63, 3.8) is 0 Å². The van der Waals surface area contributed by atoms with Crippen LogP contribution in [0.1, 0.15) is 43.4 Å². The summed E-state index contributed by atoms with van der Waals surface area (Å²) in [5.41, 5.74) is 16.4. The molecule has 6 aromatic carbocycles. The number of benzene rings is 6. The summed E-state index contributed by atoms with van der Waals surface area (Å²) in [5.74, 6) is 0. The van der Waals surface area contributed by atoms with Gasteiger partial charge in [0, 0.05) is 0 Å². The van der Waals surface area contributed by atoms with Crippen LogP contribution in [0.3, 0.4) is 0 Å². The monoisotopic (exact) mass is 774 g/mol. The molecule has 0 N–H and O–H groups in total. The predicted octanol–water partition coefficient (Wildman–Crippen LogP) is 6.37. The van der Waals surface area contributed by atoms with E-state index < -0.39 is 25.8 Å². The smallest absolute Gasteiger partial charge is 1.00 e. The molecule has 2 heterocycles. The van der Waals surface area contributed by atoms with Gasteiger partial charge < -0.3 is 9.41 Å². The van der Waals surface area contributed by atoms with Crippen molar-refractivity contribution < 1.29 is 29.8 Å². The minimum absolute atomic E-state index is 0. The second-order valence-electron chi connectivity index (χ2n) is 14.4. The molecule has 0 spiro atoms. The fourth-order valence-electron chi connectivity index (χ4n) is 9.40. The quantitative estimate of drug-likeness (QED) is 0.184. The van der Waals surface area contributed by atoms with E-state index in [0.717, 1.165) is 0 Å². The van der Waals surface area contributed by atoms with Crippen molar-refractivity contribution in [2.24, 2.45) is 0 Å². The summed E-state index contributed by atoms with van der Waals surface area (Å²) < 4.78 is 6.19. The Kier molecular flexibility index (Phi) is 8.67. The normalized spacial score (nSPS) is 15.8. The molecule has 0 saturated carbocycles. The average Bonchev–Trinajstić information content (AvgIpc) is 3.86. The van der Waals surface area contributed by atoms with Gasteiger partial charge >= 0.3 is 303 Å². The van der Waals surface area contributed by atoms with Crippen molar-refractivity contribution in [2.75, 3.05) is 0 Å². The third-order valence-corrected chi connectivity index (χ3v) is 31.3. The summed E-state index contributed by atoms with van der Waals surface area (Å²) in [6.45, 7) is 10.1. The number of aromatic nitrogens is 2. The van der Waals surface area contributed by atoms with E-state index in [1.165, 1.54) is 66.1 Å². The Morgan fingerprint density at radius 2 is 0.769 bits per heavy atom. The molecule has 10 rings (SSSR count). The minimum atomic E-state index is -2.27. The van der Waals surface area contributed by atoms with Crippen molar-refractivity contribution in [3.05, 3.63) is 167 Å². The third-order valence-electron chi connectivity index (χ3n) is 11.4. The van der Waals surface area contributed by atoms with E-state index in [-0.39, 0.29) is 9.41 Å². The van der Waals surface area contributed by atoms with Crippen molar-refractivity contribution in [1.82, 2.24) is 9.13 Å². The van der Waals surface area contributed by atoms with Crippen LogP contribution in [0.5, 0.6) is 0 Å². The summed E-state index contributed by atoms with van der Waals surface area (Å²) >= 11 is -2.27. The molecule has 0 fully saturated rings. The molecule has 0 aliphatic heterocycles. The maximum atomic E-state index is 2.63. The minimum Gasteiger partial charge on any atom is -1.00 e. The van der Waals surface area contributed by atoms with Crippen LogP contribution < -0.4 is 9.41 Å². The van der Waals surface area contributed by atoms with Crippen LogP contribution in [0.4, 0.5) is 0 Å². The van der Waals surface area contributed by atoms with Crippen LogP contribution in [-0.4, -0.2) is 14.6 Å². The van der Waals surface area contributed by atoms with Gasteiger partial charge in [0.1, 0.15) is 0 Å². The first kappa shape index (κ1) is 34.4. The van der Waals surface area contributed by atoms with Gasteiger partial charge in [-0.2, -0.15) is 0 Å². The zero-order valence-electron chi connectivity index (χ0n) is 29.7. The number of allylic oxidation sites excluding steroid dienone is 2. The first-order valence-corrected chi connectivity index (χ1v) is 26.8. The number of para-hydroxylation sites is 4. The van der Waals surface area contributed by atoms with E-state index in [1.54, 1.807) is 22.3 Å². The first-order chi connectivity index (χ1) is 24.5. The molecule has 2 atom stereocenters. The van der Waals surface area contributed by atoms with E-state index in [4.69, 9.17) is 0 Å². The van der Waals surface area contributed by atoms with Crippen LogP contribution in [0.25, 0.3) is 67.1 Å². The van der Waals surface area contributed by atoms with Gasteiger partial charge in [-0.05, 0) is 0 Å². The molecule has 2 unspecified atom stereocenters. The fourth-order valence-corrected chi connectivity index (χ4v) is 30.1. The Morgan fingerprint density at radius 1 is 0.442 bits per heavy atom. The standard InChI is InChI=1S/2C22H16N.C2H6Si.2FH.Zr/c2*1-15-13-16-7-6-12-22(19(16)14-15)23-20-10-4-2-8-17(20)18-9-3-5-11-21(18)23;1-3-2;;;/h2*2-14H,1H3;1-2H3;2*1H;/q;;;;;+2/p-2. The number of fused-ring (bicyclic) bond motifs is 8. The van der Waals surface area contributed by atoms with E-state index in [1.807, 2.05) is 0 Å². The topological polar surface area (TPSA) is 9.86 Å². The van der Waals surface area contributed by atoms with Gasteiger partial charge in [0.2, 0.25) is 0 Å². The summed E-state index contributed by atoms with van der Waals surface area (Å²) in [6.07, 6.45) is 5.13. The van der Waals surface area contributed by atoms with Gasteiger partial charge in [0.05, 0.1) is 0 Å². The van der Waals surface area contributed by atoms with Crippen LogP contribution >= 0.6 is 0 Å². The van der Waals surface area contributed by atoms with Gasteiger partial charge in [-0.15, -0.1) is 0 Å². The van der Waals surface area contributed by atoms with E-state index in [0.29, 0.717) is 7.25 Å². The predicted molar refractivity (Wildman–Crippen MR) is 212 cm³/mol. The first-order valence-electron chi connectivity index (χ1n) is 17.8. The Bertz CT molecular complexity index is 2540. The number of hydrogen-bond donors (Lipinski definition) is 0. The molecule has 0 radical (unpaired) electrons. The Balaban J connectivity index is 0.00000193. The van der Waals surface area contributed by atoms with E-state index in [9.17, 15) is 0 Å². The van der Waals surface area contributed by atoms with Gasteiger partial charge in [0.15, 0.2) is 0 Å². The zero-order chi connectivity index (χ0) is 33.7. The number of halogens is 2. The fraction of sp³-hybridized carbons (Fsp3) is 0.130. The molecular weight excluding hydrogens is 738 g/mol. The van der Waals surface area contributed by atoms with Crippen molar-refractivity contribution in [3.8, 4) is 11.4 Å². The third kappa shape index (κ3) is 4.87.